The zero-order valence-electron chi connectivity index (χ0n) is 17.4. The number of unbranched alkanes of at least 4 members (excludes halogenated alkanes) is 2. The molecule has 0 radical (unpaired) electrons. The van der Waals surface area contributed by atoms with E-state index in [9.17, 15) is 15.0 Å². The number of aliphatic hydroxyl groups is 3. The van der Waals surface area contributed by atoms with E-state index < -0.39 is 24.3 Å². The molecule has 5 N–H and O–H groups in total. The van der Waals surface area contributed by atoms with Crippen LogP contribution in [0.1, 0.15) is 57.8 Å². The van der Waals surface area contributed by atoms with Gasteiger partial charge in [0, 0.05) is 13.2 Å². The van der Waals surface area contributed by atoms with Crippen LogP contribution in [0.4, 0.5) is 0 Å². The first kappa shape index (κ1) is 21.5. The zero-order chi connectivity index (χ0) is 20.4. The highest BCUT2D eigenvalue weighted by Gasteiger charge is 2.50. The van der Waals surface area contributed by atoms with Gasteiger partial charge >= 0.3 is 0 Å². The van der Waals surface area contributed by atoms with Crippen LogP contribution >= 0.6 is 0 Å². The molecule has 5 fully saturated rings. The zero-order valence-corrected chi connectivity index (χ0v) is 17.4. The summed E-state index contributed by atoms with van der Waals surface area (Å²) in [5.74, 6) is 2.57. The van der Waals surface area contributed by atoms with Gasteiger partial charge in [-0.25, -0.2) is 0 Å². The van der Waals surface area contributed by atoms with Crippen molar-refractivity contribution in [3.8, 4) is 0 Å². The number of amides is 1. The van der Waals surface area contributed by atoms with E-state index >= 15 is 0 Å². The molecule has 0 aromatic carbocycles. The van der Waals surface area contributed by atoms with Gasteiger partial charge in [-0.15, -0.1) is 0 Å². The van der Waals surface area contributed by atoms with Crippen molar-refractivity contribution < 1.29 is 24.9 Å². The monoisotopic (exact) mass is 410 g/mol. The van der Waals surface area contributed by atoms with E-state index in [0.717, 1.165) is 50.2 Å². The van der Waals surface area contributed by atoms with Gasteiger partial charge in [0.25, 0.3) is 0 Å². The van der Waals surface area contributed by atoms with Gasteiger partial charge in [-0.1, -0.05) is 0 Å². The maximum atomic E-state index is 12.2. The van der Waals surface area contributed by atoms with E-state index in [2.05, 4.69) is 10.6 Å². The van der Waals surface area contributed by atoms with Crippen LogP contribution in [-0.2, 0) is 9.53 Å². The molecule has 0 aromatic heterocycles. The van der Waals surface area contributed by atoms with Gasteiger partial charge in [0.1, 0.15) is 12.1 Å². The Morgan fingerprint density at radius 1 is 1.00 bits per heavy atom. The number of carbonyl (C=O) groups is 1. The van der Waals surface area contributed by atoms with E-state index in [0.29, 0.717) is 12.0 Å². The summed E-state index contributed by atoms with van der Waals surface area (Å²) in [6.07, 6.45) is 9.11. The fourth-order valence-electron chi connectivity index (χ4n) is 6.84. The maximum absolute atomic E-state index is 12.2. The van der Waals surface area contributed by atoms with Gasteiger partial charge in [-0.05, 0) is 81.0 Å². The van der Waals surface area contributed by atoms with E-state index in [1.54, 1.807) is 0 Å². The number of nitrogens with one attached hydrogen (secondary N) is 2. The van der Waals surface area contributed by atoms with Gasteiger partial charge in [0.05, 0.1) is 25.4 Å². The molecule has 7 heteroatoms. The average molecular weight is 411 g/mol. The van der Waals surface area contributed by atoms with Crippen molar-refractivity contribution in [1.29, 1.82) is 0 Å². The molecule has 5 rings (SSSR count). The SMILES string of the molecule is O=C(NCCCCCOCC12CC3CC(CC(C3)C1)C2)[C@H]1N[C@H](CO)[C@H](O)[C@@H]1O. The van der Waals surface area contributed by atoms with E-state index in [1.807, 2.05) is 0 Å². The molecule has 29 heavy (non-hydrogen) atoms. The molecule has 4 saturated carbocycles. The fraction of sp³-hybridized carbons (Fsp3) is 0.955. The molecule has 1 heterocycles. The first-order valence-electron chi connectivity index (χ1n) is 11.6. The summed E-state index contributed by atoms with van der Waals surface area (Å²) in [6.45, 7) is 1.96. The summed E-state index contributed by atoms with van der Waals surface area (Å²) in [5.41, 5.74) is 0.481. The molecule has 0 unspecified atom stereocenters. The summed E-state index contributed by atoms with van der Waals surface area (Å²) in [6, 6.07) is -1.53. The minimum atomic E-state index is -1.19. The number of hydrogen-bond donors (Lipinski definition) is 5. The molecular weight excluding hydrogens is 372 g/mol. The van der Waals surface area contributed by atoms with Crippen molar-refractivity contribution in [2.75, 3.05) is 26.4 Å². The van der Waals surface area contributed by atoms with Crippen molar-refractivity contribution >= 4 is 5.91 Å². The Morgan fingerprint density at radius 2 is 1.66 bits per heavy atom. The average Bonchev–Trinajstić information content (AvgIpc) is 2.97. The molecule has 4 bridgehead atoms. The number of ether oxygens (including phenoxy) is 1. The predicted octanol–water partition coefficient (Wildman–Crippen LogP) is 0.560. The van der Waals surface area contributed by atoms with Crippen LogP contribution in [0.15, 0.2) is 0 Å². The van der Waals surface area contributed by atoms with Crippen LogP contribution in [0, 0.1) is 23.2 Å². The Bertz CT molecular complexity index is 536. The second kappa shape index (κ2) is 9.18. The Hall–Kier alpha value is -0.730. The standard InChI is InChI=1S/C22H38N2O5/c25-12-17-19(26)20(27)18(24-17)21(28)23-4-2-1-3-5-29-13-22-9-14-6-15(10-22)8-16(7-14)11-22/h14-20,24-27H,1-13H2,(H,23,28)/t14?,15?,16?,17-,18+,19+,20-,22?/m1/s1. The first-order valence-corrected chi connectivity index (χ1v) is 11.6. The lowest BCUT2D eigenvalue weighted by Gasteiger charge is -2.56. The van der Waals surface area contributed by atoms with Gasteiger partial charge in [0.2, 0.25) is 5.91 Å². The molecule has 1 aliphatic heterocycles. The van der Waals surface area contributed by atoms with Crippen LogP contribution < -0.4 is 10.6 Å². The van der Waals surface area contributed by atoms with Gasteiger partial charge in [-0.2, -0.15) is 0 Å². The summed E-state index contributed by atoms with van der Waals surface area (Å²) >= 11 is 0. The second-order valence-electron chi connectivity index (χ2n) is 10.2. The Labute approximate surface area is 173 Å². The first-order chi connectivity index (χ1) is 14.0. The van der Waals surface area contributed by atoms with Crippen LogP contribution in [-0.4, -0.2) is 71.9 Å². The van der Waals surface area contributed by atoms with E-state index in [4.69, 9.17) is 9.84 Å². The second-order valence-corrected chi connectivity index (χ2v) is 10.2. The Morgan fingerprint density at radius 3 is 2.24 bits per heavy atom. The molecule has 5 aliphatic rings. The highest BCUT2D eigenvalue weighted by molar-refractivity contribution is 5.83. The molecule has 1 amide bonds. The third kappa shape index (κ3) is 4.79. The molecule has 4 aliphatic carbocycles. The summed E-state index contributed by atoms with van der Waals surface area (Å²) in [5, 5.41) is 34.4. The molecular formula is C22H38N2O5. The Kier molecular flexibility index (Phi) is 6.81. The molecule has 4 atom stereocenters. The molecule has 7 nitrogen and oxygen atoms in total. The predicted molar refractivity (Wildman–Crippen MR) is 108 cm³/mol. The van der Waals surface area contributed by atoms with Crippen molar-refractivity contribution in [2.24, 2.45) is 23.2 Å². The van der Waals surface area contributed by atoms with Crippen molar-refractivity contribution in [2.45, 2.75) is 82.1 Å². The number of aliphatic hydroxyl groups excluding tert-OH is 3. The number of hydrogen-bond acceptors (Lipinski definition) is 6. The third-order valence-corrected chi connectivity index (χ3v) is 7.81. The summed E-state index contributed by atoms with van der Waals surface area (Å²) < 4.78 is 6.10. The van der Waals surface area contributed by atoms with Crippen LogP contribution in [0.2, 0.25) is 0 Å². The lowest BCUT2D eigenvalue weighted by Crippen LogP contribution is -2.48. The number of carbonyl (C=O) groups excluding carboxylic acids is 1. The smallest absolute Gasteiger partial charge is 0.239 e. The van der Waals surface area contributed by atoms with Crippen LogP contribution in [0.25, 0.3) is 0 Å². The minimum absolute atomic E-state index is 0.314. The lowest BCUT2D eigenvalue weighted by atomic mass is 9.50. The summed E-state index contributed by atoms with van der Waals surface area (Å²) in [4.78, 5) is 12.2. The van der Waals surface area contributed by atoms with E-state index in [-0.39, 0.29) is 12.5 Å². The van der Waals surface area contributed by atoms with Crippen LogP contribution in [0.5, 0.6) is 0 Å². The minimum Gasteiger partial charge on any atom is -0.395 e. The van der Waals surface area contributed by atoms with Crippen molar-refractivity contribution in [1.82, 2.24) is 10.6 Å². The number of rotatable bonds is 10. The van der Waals surface area contributed by atoms with Gasteiger partial charge < -0.3 is 25.4 Å². The van der Waals surface area contributed by atoms with Crippen LogP contribution in [0.3, 0.4) is 0 Å². The third-order valence-electron chi connectivity index (χ3n) is 7.81. The van der Waals surface area contributed by atoms with Gasteiger partial charge in [-0.3, -0.25) is 10.1 Å². The summed E-state index contributed by atoms with van der Waals surface area (Å²) in [7, 11) is 0. The molecule has 0 aromatic rings. The van der Waals surface area contributed by atoms with Crippen molar-refractivity contribution in [3.05, 3.63) is 0 Å². The lowest BCUT2D eigenvalue weighted by molar-refractivity contribution is -0.125. The molecule has 0 spiro atoms. The Balaban J connectivity index is 1.05. The van der Waals surface area contributed by atoms with Gasteiger partial charge in [0.15, 0.2) is 0 Å². The topological polar surface area (TPSA) is 111 Å². The largest absolute Gasteiger partial charge is 0.395 e. The highest BCUT2D eigenvalue weighted by Crippen LogP contribution is 2.60. The molecule has 166 valence electrons. The quantitative estimate of drug-likeness (QED) is 0.337. The fourth-order valence-corrected chi connectivity index (χ4v) is 6.84. The molecule has 1 saturated heterocycles. The normalized spacial score (nSPS) is 43.1. The van der Waals surface area contributed by atoms with Crippen molar-refractivity contribution in [3.63, 3.8) is 0 Å². The van der Waals surface area contributed by atoms with E-state index in [1.165, 1.54) is 38.5 Å². The maximum Gasteiger partial charge on any atom is 0.239 e. The highest BCUT2D eigenvalue weighted by atomic mass is 16.5.